The number of nitrogens with one attached hydrogen (secondary N) is 1. The fourth-order valence-electron chi connectivity index (χ4n) is 2.15. The molecule has 3 rings (SSSR count). The number of nitrogen functional groups attached to an aromatic ring is 1. The van der Waals surface area contributed by atoms with Crippen molar-refractivity contribution in [1.82, 2.24) is 4.98 Å². The SMILES string of the molecule is Cc1cc(Nc2cccc3ncccc23)c(Br)cc1N. The first kappa shape index (κ1) is 12.9. The Kier molecular flexibility index (Phi) is 3.32. The van der Waals surface area contributed by atoms with Gasteiger partial charge in [-0.3, -0.25) is 4.98 Å². The van der Waals surface area contributed by atoms with E-state index in [0.717, 1.165) is 38.0 Å². The number of anilines is 3. The van der Waals surface area contributed by atoms with Crippen molar-refractivity contribution in [2.45, 2.75) is 6.92 Å². The molecule has 0 saturated carbocycles. The van der Waals surface area contributed by atoms with Crippen LogP contribution < -0.4 is 11.1 Å². The summed E-state index contributed by atoms with van der Waals surface area (Å²) < 4.78 is 0.946. The molecule has 3 N–H and O–H groups in total. The molecule has 0 aliphatic heterocycles. The van der Waals surface area contributed by atoms with E-state index in [1.54, 1.807) is 6.20 Å². The fourth-order valence-corrected chi connectivity index (χ4v) is 2.61. The summed E-state index contributed by atoms with van der Waals surface area (Å²) in [6, 6.07) is 14.0. The van der Waals surface area contributed by atoms with Gasteiger partial charge in [-0.15, -0.1) is 0 Å². The lowest BCUT2D eigenvalue weighted by Gasteiger charge is -2.13. The third-order valence-electron chi connectivity index (χ3n) is 3.27. The molecule has 1 aromatic heterocycles. The Morgan fingerprint density at radius 2 is 1.95 bits per heavy atom. The van der Waals surface area contributed by atoms with Crippen LogP contribution in [-0.2, 0) is 0 Å². The summed E-state index contributed by atoms with van der Waals surface area (Å²) in [4.78, 5) is 4.37. The summed E-state index contributed by atoms with van der Waals surface area (Å²) in [6.45, 7) is 2.00. The monoisotopic (exact) mass is 327 g/mol. The van der Waals surface area contributed by atoms with Crippen LogP contribution >= 0.6 is 15.9 Å². The highest BCUT2D eigenvalue weighted by atomic mass is 79.9. The Labute approximate surface area is 126 Å². The number of aromatic nitrogens is 1. The summed E-state index contributed by atoms with van der Waals surface area (Å²) in [5.74, 6) is 0. The van der Waals surface area contributed by atoms with Crippen molar-refractivity contribution in [3.05, 3.63) is 58.7 Å². The maximum absolute atomic E-state index is 5.91. The van der Waals surface area contributed by atoms with Crippen molar-refractivity contribution in [3.8, 4) is 0 Å². The molecule has 4 heteroatoms. The van der Waals surface area contributed by atoms with E-state index in [-0.39, 0.29) is 0 Å². The highest BCUT2D eigenvalue weighted by molar-refractivity contribution is 9.10. The molecular weight excluding hydrogens is 314 g/mol. The number of hydrogen-bond donors (Lipinski definition) is 2. The molecule has 0 atom stereocenters. The maximum Gasteiger partial charge on any atom is 0.0722 e. The molecule has 0 aliphatic carbocycles. The van der Waals surface area contributed by atoms with Crippen LogP contribution in [0.1, 0.15) is 5.56 Å². The van der Waals surface area contributed by atoms with Crippen molar-refractivity contribution in [3.63, 3.8) is 0 Å². The van der Waals surface area contributed by atoms with E-state index in [1.807, 2.05) is 43.3 Å². The Morgan fingerprint density at radius 1 is 1.10 bits per heavy atom. The Morgan fingerprint density at radius 3 is 2.80 bits per heavy atom. The van der Waals surface area contributed by atoms with Gasteiger partial charge in [0.2, 0.25) is 0 Å². The molecule has 0 bridgehead atoms. The molecule has 0 amide bonds. The predicted octanol–water partition coefficient (Wildman–Crippen LogP) is 4.63. The molecule has 0 unspecified atom stereocenters. The van der Waals surface area contributed by atoms with Gasteiger partial charge in [-0.05, 0) is 64.8 Å². The number of halogens is 1. The molecule has 0 fully saturated rings. The van der Waals surface area contributed by atoms with E-state index in [9.17, 15) is 0 Å². The molecule has 0 saturated heterocycles. The van der Waals surface area contributed by atoms with Crippen molar-refractivity contribution in [2.24, 2.45) is 0 Å². The molecule has 3 nitrogen and oxygen atoms in total. The van der Waals surface area contributed by atoms with Gasteiger partial charge in [0, 0.05) is 27.4 Å². The van der Waals surface area contributed by atoms with Gasteiger partial charge in [0.1, 0.15) is 0 Å². The Bertz CT molecular complexity index is 779. The van der Waals surface area contributed by atoms with Crippen molar-refractivity contribution < 1.29 is 0 Å². The topological polar surface area (TPSA) is 50.9 Å². The van der Waals surface area contributed by atoms with Gasteiger partial charge in [-0.1, -0.05) is 6.07 Å². The maximum atomic E-state index is 5.91. The van der Waals surface area contributed by atoms with Crippen LogP contribution in [0, 0.1) is 6.92 Å². The number of aryl methyl sites for hydroxylation is 1. The minimum Gasteiger partial charge on any atom is -0.398 e. The van der Waals surface area contributed by atoms with Crippen LogP contribution in [0.5, 0.6) is 0 Å². The van der Waals surface area contributed by atoms with Crippen molar-refractivity contribution in [1.29, 1.82) is 0 Å². The Balaban J connectivity index is 2.08. The third kappa shape index (κ3) is 2.34. The van der Waals surface area contributed by atoms with Gasteiger partial charge in [0.25, 0.3) is 0 Å². The summed E-state index contributed by atoms with van der Waals surface area (Å²) >= 11 is 3.54. The zero-order valence-corrected chi connectivity index (χ0v) is 12.6. The van der Waals surface area contributed by atoms with Gasteiger partial charge in [0.05, 0.1) is 11.2 Å². The quantitative estimate of drug-likeness (QED) is 0.674. The van der Waals surface area contributed by atoms with Crippen molar-refractivity contribution in [2.75, 3.05) is 11.1 Å². The minimum absolute atomic E-state index is 0.780. The average Bonchev–Trinajstić information content (AvgIpc) is 2.45. The van der Waals surface area contributed by atoms with E-state index in [1.165, 1.54) is 0 Å². The lowest BCUT2D eigenvalue weighted by atomic mass is 10.1. The van der Waals surface area contributed by atoms with Gasteiger partial charge in [-0.2, -0.15) is 0 Å². The number of nitrogens with zero attached hydrogens (tertiary/aromatic N) is 1. The molecule has 0 radical (unpaired) electrons. The van der Waals surface area contributed by atoms with E-state index >= 15 is 0 Å². The average molecular weight is 328 g/mol. The van der Waals surface area contributed by atoms with Crippen LogP contribution in [0.2, 0.25) is 0 Å². The van der Waals surface area contributed by atoms with Gasteiger partial charge in [-0.25, -0.2) is 0 Å². The number of hydrogen-bond acceptors (Lipinski definition) is 3. The molecule has 20 heavy (non-hydrogen) atoms. The number of rotatable bonds is 2. The molecular formula is C16H14BrN3. The van der Waals surface area contributed by atoms with Crippen LogP contribution in [0.3, 0.4) is 0 Å². The minimum atomic E-state index is 0.780. The van der Waals surface area contributed by atoms with Crippen LogP contribution in [0.15, 0.2) is 53.1 Å². The van der Waals surface area contributed by atoms with E-state index < -0.39 is 0 Å². The fraction of sp³-hybridized carbons (Fsp3) is 0.0625. The summed E-state index contributed by atoms with van der Waals surface area (Å²) in [6.07, 6.45) is 1.80. The summed E-state index contributed by atoms with van der Waals surface area (Å²) in [7, 11) is 0. The predicted molar refractivity (Wildman–Crippen MR) is 88.3 cm³/mol. The Hall–Kier alpha value is -2.07. The van der Waals surface area contributed by atoms with Gasteiger partial charge in [0.15, 0.2) is 0 Å². The standard InChI is InChI=1S/C16H14BrN3/c1-10-8-16(12(17)9-13(10)18)20-15-6-2-5-14-11(15)4-3-7-19-14/h2-9,20H,18H2,1H3. The normalized spacial score (nSPS) is 10.7. The molecule has 3 aromatic rings. The van der Waals surface area contributed by atoms with E-state index in [4.69, 9.17) is 5.73 Å². The molecule has 1 heterocycles. The first-order valence-electron chi connectivity index (χ1n) is 6.31. The van der Waals surface area contributed by atoms with E-state index in [0.29, 0.717) is 0 Å². The van der Waals surface area contributed by atoms with E-state index in [2.05, 4.69) is 32.3 Å². The van der Waals surface area contributed by atoms with Gasteiger partial charge >= 0.3 is 0 Å². The number of fused-ring (bicyclic) bond motifs is 1. The number of pyridine rings is 1. The number of nitrogens with two attached hydrogens (primary N) is 1. The van der Waals surface area contributed by atoms with Crippen LogP contribution in [-0.4, -0.2) is 4.98 Å². The molecule has 0 aliphatic rings. The highest BCUT2D eigenvalue weighted by Gasteiger charge is 2.06. The first-order valence-corrected chi connectivity index (χ1v) is 7.11. The van der Waals surface area contributed by atoms with Crippen molar-refractivity contribution >= 4 is 43.9 Å². The summed E-state index contributed by atoms with van der Waals surface area (Å²) in [5.41, 5.74) is 10.7. The van der Waals surface area contributed by atoms with Crippen LogP contribution in [0.25, 0.3) is 10.9 Å². The smallest absolute Gasteiger partial charge is 0.0722 e. The zero-order chi connectivity index (χ0) is 14.1. The molecule has 0 spiro atoms. The number of benzene rings is 2. The summed E-state index contributed by atoms with van der Waals surface area (Å²) in [5, 5.41) is 4.53. The highest BCUT2D eigenvalue weighted by Crippen LogP contribution is 2.32. The lowest BCUT2D eigenvalue weighted by molar-refractivity contribution is 1.40. The zero-order valence-electron chi connectivity index (χ0n) is 11.0. The second-order valence-electron chi connectivity index (χ2n) is 4.69. The second kappa shape index (κ2) is 5.13. The molecule has 2 aromatic carbocycles. The molecule has 100 valence electrons. The third-order valence-corrected chi connectivity index (χ3v) is 3.93. The second-order valence-corrected chi connectivity index (χ2v) is 5.54. The lowest BCUT2D eigenvalue weighted by Crippen LogP contribution is -1.96. The van der Waals surface area contributed by atoms with Gasteiger partial charge < -0.3 is 11.1 Å². The largest absolute Gasteiger partial charge is 0.398 e. The van der Waals surface area contributed by atoms with Crippen LogP contribution in [0.4, 0.5) is 17.1 Å². The first-order chi connectivity index (χ1) is 9.65.